The predicted molar refractivity (Wildman–Crippen MR) is 131 cm³/mol. The Hall–Kier alpha value is -2.01. The number of nitrogens with zero attached hydrogens (tertiary/aromatic N) is 5. The highest BCUT2D eigenvalue weighted by Crippen LogP contribution is 2.30. The number of anilines is 2. The van der Waals surface area contributed by atoms with Gasteiger partial charge in [-0.3, -0.25) is 0 Å². The van der Waals surface area contributed by atoms with Crippen molar-refractivity contribution in [2.75, 3.05) is 37.0 Å². The van der Waals surface area contributed by atoms with Crippen LogP contribution in [0.4, 0.5) is 11.6 Å². The number of aromatic nitrogens is 4. The van der Waals surface area contributed by atoms with Gasteiger partial charge in [-0.1, -0.05) is 25.7 Å². The van der Waals surface area contributed by atoms with E-state index in [0.29, 0.717) is 19.8 Å². The first-order valence-corrected chi connectivity index (χ1v) is 14.9. The molecule has 3 rings (SSSR count). The van der Waals surface area contributed by atoms with Crippen LogP contribution in [0.2, 0.25) is 25.7 Å². The number of hydrogen-bond donors (Lipinski definition) is 2. The fraction of sp³-hybridized carbons (Fsp3) is 0.476. The molecule has 0 aliphatic heterocycles. The second-order valence-electron chi connectivity index (χ2n) is 8.70. The van der Waals surface area contributed by atoms with Gasteiger partial charge in [-0.2, -0.15) is 0 Å². The van der Waals surface area contributed by atoms with Crippen molar-refractivity contribution in [3.05, 3.63) is 40.9 Å². The molecule has 2 N–H and O–H groups in total. The number of likely N-dealkylation sites (N-methyl/N-ethyl adjacent to an activating group) is 1. The summed E-state index contributed by atoms with van der Waals surface area (Å²) in [4.78, 5) is 15.5. The van der Waals surface area contributed by atoms with Gasteiger partial charge in [-0.25, -0.2) is 15.0 Å². The minimum Gasteiger partial charge on any atom is -0.395 e. The molecule has 0 saturated carbocycles. The van der Waals surface area contributed by atoms with Crippen molar-refractivity contribution in [1.29, 1.82) is 0 Å². The van der Waals surface area contributed by atoms with Crippen LogP contribution in [-0.2, 0) is 18.0 Å². The number of rotatable bonds is 11. The SMILES string of the molecule is CN(CCO)c1cccc(CNc2ncnc3c2c(Br)cn3COCC[Si](C)(C)C)n1. The average Bonchev–Trinajstić information content (AvgIpc) is 3.06. The zero-order valence-corrected chi connectivity index (χ0v) is 21.2. The van der Waals surface area contributed by atoms with E-state index in [2.05, 4.69) is 55.8 Å². The molecule has 31 heavy (non-hydrogen) atoms. The second kappa shape index (κ2) is 10.5. The van der Waals surface area contributed by atoms with Gasteiger partial charge < -0.3 is 24.6 Å². The van der Waals surface area contributed by atoms with Gasteiger partial charge in [0.25, 0.3) is 0 Å². The normalized spacial score (nSPS) is 11.8. The number of fused-ring (bicyclic) bond motifs is 1. The van der Waals surface area contributed by atoms with Crippen molar-refractivity contribution in [1.82, 2.24) is 19.5 Å². The Balaban J connectivity index is 1.71. The lowest BCUT2D eigenvalue weighted by Crippen LogP contribution is -2.22. The van der Waals surface area contributed by atoms with Gasteiger partial charge in [-0.05, 0) is 34.1 Å². The highest BCUT2D eigenvalue weighted by molar-refractivity contribution is 9.10. The van der Waals surface area contributed by atoms with Crippen LogP contribution < -0.4 is 10.2 Å². The summed E-state index contributed by atoms with van der Waals surface area (Å²) in [7, 11) is 0.800. The Bertz CT molecular complexity index is 1010. The smallest absolute Gasteiger partial charge is 0.148 e. The molecular weight excluding hydrogens is 476 g/mol. The Morgan fingerprint density at radius 3 is 2.81 bits per heavy atom. The van der Waals surface area contributed by atoms with E-state index in [9.17, 15) is 0 Å². The van der Waals surface area contributed by atoms with Gasteiger partial charge >= 0.3 is 0 Å². The molecule has 0 amide bonds. The third kappa shape index (κ3) is 6.48. The summed E-state index contributed by atoms with van der Waals surface area (Å²) in [5.41, 5.74) is 1.71. The minimum atomic E-state index is -1.11. The summed E-state index contributed by atoms with van der Waals surface area (Å²) < 4.78 is 8.82. The van der Waals surface area contributed by atoms with Crippen molar-refractivity contribution in [3.8, 4) is 0 Å². The molecule has 0 unspecified atom stereocenters. The number of hydrogen-bond acceptors (Lipinski definition) is 7. The summed E-state index contributed by atoms with van der Waals surface area (Å²) in [6.45, 7) is 9.41. The highest BCUT2D eigenvalue weighted by atomic mass is 79.9. The molecule has 0 saturated heterocycles. The number of aliphatic hydroxyl groups excluding tert-OH is 1. The number of aliphatic hydroxyl groups is 1. The van der Waals surface area contributed by atoms with Gasteiger partial charge in [0.15, 0.2) is 0 Å². The van der Waals surface area contributed by atoms with Crippen LogP contribution in [0.15, 0.2) is 35.2 Å². The fourth-order valence-electron chi connectivity index (χ4n) is 3.07. The molecule has 3 aromatic heterocycles. The molecule has 0 radical (unpaired) electrons. The molecule has 3 heterocycles. The van der Waals surface area contributed by atoms with Crippen molar-refractivity contribution < 1.29 is 9.84 Å². The van der Waals surface area contributed by atoms with E-state index in [0.717, 1.165) is 45.5 Å². The third-order valence-electron chi connectivity index (χ3n) is 4.89. The fourth-order valence-corrected chi connectivity index (χ4v) is 4.44. The van der Waals surface area contributed by atoms with Crippen molar-refractivity contribution in [2.24, 2.45) is 0 Å². The van der Waals surface area contributed by atoms with Gasteiger partial charge in [0.1, 0.15) is 30.3 Å². The average molecular weight is 508 g/mol. The topological polar surface area (TPSA) is 88.3 Å². The van der Waals surface area contributed by atoms with E-state index in [1.54, 1.807) is 6.33 Å². The van der Waals surface area contributed by atoms with Gasteiger partial charge in [0, 0.05) is 38.9 Å². The monoisotopic (exact) mass is 506 g/mol. The molecule has 0 aliphatic carbocycles. The van der Waals surface area contributed by atoms with Gasteiger partial charge in [-0.15, -0.1) is 0 Å². The first kappa shape index (κ1) is 23.6. The van der Waals surface area contributed by atoms with E-state index >= 15 is 0 Å². The lowest BCUT2D eigenvalue weighted by molar-refractivity contribution is 0.0898. The first-order chi connectivity index (χ1) is 14.8. The maximum Gasteiger partial charge on any atom is 0.148 e. The second-order valence-corrected chi connectivity index (χ2v) is 15.2. The number of halogens is 1. The number of nitrogens with one attached hydrogen (secondary N) is 1. The van der Waals surface area contributed by atoms with E-state index in [1.165, 1.54) is 0 Å². The summed E-state index contributed by atoms with van der Waals surface area (Å²) in [6, 6.07) is 7.00. The molecule has 0 bridgehead atoms. The quantitative estimate of drug-likeness (QED) is 0.300. The summed E-state index contributed by atoms with van der Waals surface area (Å²) in [5, 5.41) is 13.4. The highest BCUT2D eigenvalue weighted by Gasteiger charge is 2.15. The maximum atomic E-state index is 9.14. The molecule has 10 heteroatoms. The van der Waals surface area contributed by atoms with E-state index in [1.807, 2.05) is 40.9 Å². The van der Waals surface area contributed by atoms with Crippen LogP contribution in [0, 0.1) is 0 Å². The van der Waals surface area contributed by atoms with Crippen molar-refractivity contribution in [2.45, 2.75) is 39.0 Å². The molecule has 0 fully saturated rings. The lowest BCUT2D eigenvalue weighted by Gasteiger charge is -2.17. The molecule has 8 nitrogen and oxygen atoms in total. The minimum absolute atomic E-state index is 0.0897. The van der Waals surface area contributed by atoms with E-state index in [-0.39, 0.29) is 6.61 Å². The van der Waals surface area contributed by atoms with Crippen molar-refractivity contribution in [3.63, 3.8) is 0 Å². The maximum absolute atomic E-state index is 9.14. The molecule has 168 valence electrons. The zero-order chi connectivity index (χ0) is 22.4. The van der Waals surface area contributed by atoms with Gasteiger partial charge in [0.2, 0.25) is 0 Å². The van der Waals surface area contributed by atoms with Gasteiger partial charge in [0.05, 0.1) is 24.2 Å². The molecule has 3 aromatic rings. The Morgan fingerprint density at radius 2 is 2.06 bits per heavy atom. The molecule has 0 atom stereocenters. The van der Waals surface area contributed by atoms with E-state index in [4.69, 9.17) is 9.84 Å². The Labute approximate surface area is 192 Å². The number of ether oxygens (including phenoxy) is 1. The summed E-state index contributed by atoms with van der Waals surface area (Å²) >= 11 is 3.65. The predicted octanol–water partition coefficient (Wildman–Crippen LogP) is 3.94. The first-order valence-electron chi connectivity index (χ1n) is 10.4. The summed E-state index contributed by atoms with van der Waals surface area (Å²) in [5.74, 6) is 1.57. The van der Waals surface area contributed by atoms with Crippen LogP contribution >= 0.6 is 15.9 Å². The molecular formula is C21H31BrN6O2Si. The van der Waals surface area contributed by atoms with Crippen molar-refractivity contribution >= 4 is 46.7 Å². The molecule has 0 aromatic carbocycles. The van der Waals surface area contributed by atoms with E-state index < -0.39 is 8.07 Å². The Kier molecular flexibility index (Phi) is 8.04. The number of pyridine rings is 1. The Morgan fingerprint density at radius 1 is 1.26 bits per heavy atom. The van der Waals surface area contributed by atoms with Crippen LogP contribution in [0.5, 0.6) is 0 Å². The third-order valence-corrected chi connectivity index (χ3v) is 7.19. The summed E-state index contributed by atoms with van der Waals surface area (Å²) in [6.07, 6.45) is 3.55. The molecule has 0 aliphatic rings. The zero-order valence-electron chi connectivity index (χ0n) is 18.6. The van der Waals surface area contributed by atoms with Crippen LogP contribution in [0.25, 0.3) is 11.0 Å². The van der Waals surface area contributed by atoms with Crippen LogP contribution in [0.3, 0.4) is 0 Å². The van der Waals surface area contributed by atoms with Crippen LogP contribution in [0.1, 0.15) is 5.69 Å². The molecule has 0 spiro atoms. The largest absolute Gasteiger partial charge is 0.395 e. The lowest BCUT2D eigenvalue weighted by atomic mass is 10.3. The van der Waals surface area contributed by atoms with Crippen LogP contribution in [-0.4, -0.2) is 59.5 Å². The standard InChI is InChI=1S/C21H31BrN6O2Si/c1-27(8-9-29)18-7-5-6-16(26-18)12-23-20-19-17(22)13-28(21(19)25-14-24-20)15-30-10-11-31(2,3)4/h5-7,13-14,29H,8-12,15H2,1-4H3,(H,23,24,25).